The number of likely N-dealkylation sites (tertiary alicyclic amines) is 1. The largest absolute Gasteiger partial charge is 0.480 e. The van der Waals surface area contributed by atoms with E-state index in [1.54, 1.807) is 0 Å². The van der Waals surface area contributed by atoms with E-state index < -0.39 is 31.3 Å². The third kappa shape index (κ3) is 4.42. The van der Waals surface area contributed by atoms with Crippen LogP contribution in [0.2, 0.25) is 0 Å². The van der Waals surface area contributed by atoms with Crippen molar-refractivity contribution in [3.05, 3.63) is 0 Å². The molecule has 0 radical (unpaired) electrons. The van der Waals surface area contributed by atoms with Gasteiger partial charge in [-0.1, -0.05) is 6.92 Å². The van der Waals surface area contributed by atoms with Gasteiger partial charge in [-0.05, 0) is 12.3 Å². The lowest BCUT2D eigenvalue weighted by atomic mass is 10.2. The molecular weight excluding hydrogens is 253 g/mol. The summed E-state index contributed by atoms with van der Waals surface area (Å²) >= 11 is 0. The topological polar surface area (TPSA) is 60.9 Å². The second kappa shape index (κ2) is 5.45. The Labute approximate surface area is 102 Å². The van der Waals surface area contributed by atoms with Crippen LogP contribution in [0.5, 0.6) is 0 Å². The van der Waals surface area contributed by atoms with Gasteiger partial charge in [0.2, 0.25) is 0 Å². The minimum Gasteiger partial charge on any atom is -0.480 e. The molecule has 1 fully saturated rings. The van der Waals surface area contributed by atoms with Crippen molar-refractivity contribution in [2.75, 3.05) is 26.2 Å². The van der Waals surface area contributed by atoms with Crippen molar-refractivity contribution in [3.8, 4) is 0 Å². The molecule has 18 heavy (non-hydrogen) atoms. The minimum absolute atomic E-state index is 0.228. The highest BCUT2D eigenvalue weighted by molar-refractivity contribution is 5.80. The van der Waals surface area contributed by atoms with E-state index in [9.17, 15) is 22.8 Å². The van der Waals surface area contributed by atoms with E-state index >= 15 is 0 Å². The highest BCUT2D eigenvalue weighted by Crippen LogP contribution is 2.20. The first-order valence-corrected chi connectivity index (χ1v) is 5.51. The molecule has 0 aromatic carbocycles. The van der Waals surface area contributed by atoms with Crippen LogP contribution in [0.1, 0.15) is 13.3 Å². The van der Waals surface area contributed by atoms with Crippen LogP contribution >= 0.6 is 0 Å². The zero-order chi connectivity index (χ0) is 13.9. The molecule has 104 valence electrons. The van der Waals surface area contributed by atoms with Crippen molar-refractivity contribution in [1.82, 2.24) is 9.80 Å². The molecule has 0 spiro atoms. The second-order valence-corrected chi connectivity index (χ2v) is 4.49. The predicted octanol–water partition coefficient (Wildman–Crippen LogP) is 1.40. The highest BCUT2D eigenvalue weighted by Gasteiger charge is 2.36. The molecule has 8 heteroatoms. The molecule has 5 nitrogen and oxygen atoms in total. The number of alkyl halides is 3. The van der Waals surface area contributed by atoms with Crippen molar-refractivity contribution in [1.29, 1.82) is 0 Å². The second-order valence-electron chi connectivity index (χ2n) is 4.49. The maximum atomic E-state index is 12.3. The lowest BCUT2D eigenvalue weighted by Crippen LogP contribution is -2.48. The van der Waals surface area contributed by atoms with Crippen LogP contribution in [-0.4, -0.2) is 59.3 Å². The van der Waals surface area contributed by atoms with Gasteiger partial charge in [0.05, 0.1) is 0 Å². The van der Waals surface area contributed by atoms with Gasteiger partial charge in [0.1, 0.15) is 13.1 Å². The van der Waals surface area contributed by atoms with Crippen LogP contribution in [0.15, 0.2) is 0 Å². The van der Waals surface area contributed by atoms with E-state index in [1.807, 2.05) is 6.92 Å². The Bertz CT molecular complexity index is 333. The van der Waals surface area contributed by atoms with Crippen molar-refractivity contribution >= 4 is 12.0 Å². The smallest absolute Gasteiger partial charge is 0.406 e. The first-order chi connectivity index (χ1) is 8.19. The maximum Gasteiger partial charge on any atom is 0.406 e. The summed E-state index contributed by atoms with van der Waals surface area (Å²) in [4.78, 5) is 23.9. The number of urea groups is 1. The number of hydrogen-bond acceptors (Lipinski definition) is 2. The van der Waals surface area contributed by atoms with Crippen LogP contribution in [0.3, 0.4) is 0 Å². The molecule has 1 aliphatic rings. The van der Waals surface area contributed by atoms with Gasteiger partial charge in [0, 0.05) is 13.1 Å². The van der Waals surface area contributed by atoms with Gasteiger partial charge in [0.15, 0.2) is 0 Å². The van der Waals surface area contributed by atoms with Crippen molar-refractivity contribution < 1.29 is 27.9 Å². The fourth-order valence-electron chi connectivity index (χ4n) is 1.88. The molecule has 1 atom stereocenters. The Hall–Kier alpha value is -1.47. The predicted molar refractivity (Wildman–Crippen MR) is 56.0 cm³/mol. The van der Waals surface area contributed by atoms with E-state index in [-0.39, 0.29) is 5.92 Å². The molecule has 1 N–H and O–H groups in total. The number of carboxylic acid groups (broad SMARTS) is 1. The Morgan fingerprint density at radius 1 is 1.44 bits per heavy atom. The summed E-state index contributed by atoms with van der Waals surface area (Å²) in [6, 6.07) is -0.862. The molecular formula is C10H15F3N2O3. The molecule has 1 unspecified atom stereocenters. The van der Waals surface area contributed by atoms with Gasteiger partial charge in [-0.25, -0.2) is 4.79 Å². The van der Waals surface area contributed by atoms with Gasteiger partial charge in [-0.15, -0.1) is 0 Å². The third-order valence-corrected chi connectivity index (χ3v) is 2.66. The Morgan fingerprint density at radius 3 is 2.44 bits per heavy atom. The quantitative estimate of drug-likeness (QED) is 0.841. The Balaban J connectivity index is 2.69. The summed E-state index contributed by atoms with van der Waals surface area (Å²) in [5.74, 6) is -1.23. The van der Waals surface area contributed by atoms with Gasteiger partial charge in [-0.2, -0.15) is 13.2 Å². The maximum absolute atomic E-state index is 12.3. The molecule has 2 amide bonds. The number of halogens is 3. The molecule has 0 saturated carbocycles. The number of rotatable bonds is 3. The first kappa shape index (κ1) is 14.6. The standard InChI is InChI=1S/C10H15F3N2O3/c1-7-2-3-14(4-7)9(18)15(5-8(16)17)6-10(11,12)13/h7H,2-6H2,1H3,(H,16,17). The van der Waals surface area contributed by atoms with Crippen LogP contribution in [0, 0.1) is 5.92 Å². The van der Waals surface area contributed by atoms with E-state index in [2.05, 4.69) is 0 Å². The molecule has 1 saturated heterocycles. The monoisotopic (exact) mass is 268 g/mol. The Morgan fingerprint density at radius 2 is 2.06 bits per heavy atom. The van der Waals surface area contributed by atoms with Crippen LogP contribution in [0.25, 0.3) is 0 Å². The van der Waals surface area contributed by atoms with Crippen molar-refractivity contribution in [3.63, 3.8) is 0 Å². The van der Waals surface area contributed by atoms with Gasteiger partial charge < -0.3 is 14.9 Å². The summed E-state index contributed by atoms with van der Waals surface area (Å²) in [5, 5.41) is 8.54. The molecule has 0 bridgehead atoms. The van der Waals surface area contributed by atoms with Gasteiger partial charge in [-0.3, -0.25) is 4.79 Å². The fraction of sp³-hybridized carbons (Fsp3) is 0.800. The number of aliphatic carboxylic acids is 1. The number of nitrogens with zero attached hydrogens (tertiary/aromatic N) is 2. The number of carboxylic acids is 1. The summed E-state index contributed by atoms with van der Waals surface area (Å²) in [7, 11) is 0. The number of carbonyl (C=O) groups excluding carboxylic acids is 1. The Kier molecular flexibility index (Phi) is 4.42. The first-order valence-electron chi connectivity index (χ1n) is 5.51. The average Bonchev–Trinajstić information content (AvgIpc) is 2.59. The zero-order valence-corrected chi connectivity index (χ0v) is 9.90. The van der Waals surface area contributed by atoms with Crippen LogP contribution < -0.4 is 0 Å². The molecule has 0 aromatic rings. The van der Waals surface area contributed by atoms with E-state index in [4.69, 9.17) is 5.11 Å². The molecule has 1 rings (SSSR count). The third-order valence-electron chi connectivity index (χ3n) is 2.66. The normalized spacial score (nSPS) is 20.0. The van der Waals surface area contributed by atoms with Gasteiger partial charge in [0.25, 0.3) is 0 Å². The number of amides is 2. The fourth-order valence-corrected chi connectivity index (χ4v) is 1.88. The van der Waals surface area contributed by atoms with Crippen molar-refractivity contribution in [2.45, 2.75) is 19.5 Å². The zero-order valence-electron chi connectivity index (χ0n) is 9.90. The highest BCUT2D eigenvalue weighted by atomic mass is 19.4. The minimum atomic E-state index is -4.60. The van der Waals surface area contributed by atoms with Gasteiger partial charge >= 0.3 is 18.2 Å². The van der Waals surface area contributed by atoms with Crippen LogP contribution in [-0.2, 0) is 4.79 Å². The SMILES string of the molecule is CC1CCN(C(=O)N(CC(=O)O)CC(F)(F)F)C1. The molecule has 1 heterocycles. The number of carbonyl (C=O) groups is 2. The van der Waals surface area contributed by atoms with E-state index in [0.29, 0.717) is 18.0 Å². The summed E-state index contributed by atoms with van der Waals surface area (Å²) in [6.45, 7) is 0.144. The van der Waals surface area contributed by atoms with Crippen molar-refractivity contribution in [2.24, 2.45) is 5.92 Å². The number of hydrogen-bond donors (Lipinski definition) is 1. The van der Waals surface area contributed by atoms with E-state index in [1.165, 1.54) is 4.90 Å². The summed E-state index contributed by atoms with van der Waals surface area (Å²) < 4.78 is 36.8. The van der Waals surface area contributed by atoms with E-state index in [0.717, 1.165) is 6.42 Å². The lowest BCUT2D eigenvalue weighted by Gasteiger charge is -2.27. The lowest BCUT2D eigenvalue weighted by molar-refractivity contribution is -0.149. The molecule has 1 aliphatic heterocycles. The molecule has 0 aliphatic carbocycles. The average molecular weight is 268 g/mol. The molecule has 0 aromatic heterocycles. The summed E-state index contributed by atoms with van der Waals surface area (Å²) in [5.41, 5.74) is 0. The summed E-state index contributed by atoms with van der Waals surface area (Å²) in [6.07, 6.45) is -3.88. The van der Waals surface area contributed by atoms with Crippen LogP contribution in [0.4, 0.5) is 18.0 Å².